The zero-order chi connectivity index (χ0) is 14.3. The Morgan fingerprint density at radius 2 is 2.45 bits per heavy atom. The van der Waals surface area contributed by atoms with Gasteiger partial charge in [0.25, 0.3) is 0 Å². The lowest BCUT2D eigenvalue weighted by molar-refractivity contribution is 0.156. The number of nitrogens with zero attached hydrogens (tertiary/aromatic N) is 2. The molecule has 1 spiro atoms. The molecule has 2 saturated heterocycles. The van der Waals surface area contributed by atoms with E-state index in [2.05, 4.69) is 23.1 Å². The molecule has 2 heterocycles. The first-order valence-electron chi connectivity index (χ1n) is 7.42. The van der Waals surface area contributed by atoms with E-state index in [-0.39, 0.29) is 0 Å². The lowest BCUT2D eigenvalue weighted by Gasteiger charge is -2.24. The molecule has 4 nitrogen and oxygen atoms in total. The molecule has 0 aromatic carbocycles. The summed E-state index contributed by atoms with van der Waals surface area (Å²) in [6.45, 7) is 7.87. The van der Waals surface area contributed by atoms with Crippen LogP contribution in [0.4, 0.5) is 0 Å². The van der Waals surface area contributed by atoms with Crippen molar-refractivity contribution in [3.8, 4) is 12.3 Å². The topological polar surface area (TPSA) is 36.9 Å². The van der Waals surface area contributed by atoms with Crippen LogP contribution in [0, 0.1) is 17.8 Å². The van der Waals surface area contributed by atoms with E-state index in [0.717, 1.165) is 56.9 Å². The fourth-order valence-electron chi connectivity index (χ4n) is 2.86. The predicted octanol–water partition coefficient (Wildman–Crippen LogP) is 1.43. The largest absolute Gasteiger partial charge is 0.381 e. The van der Waals surface area contributed by atoms with Crippen molar-refractivity contribution in [3.63, 3.8) is 0 Å². The molecule has 0 aromatic heterocycles. The molecule has 2 rings (SSSR count). The Morgan fingerprint density at radius 3 is 3.15 bits per heavy atom. The molecule has 0 aromatic rings. The molecular weight excluding hydrogens is 270 g/mol. The third kappa shape index (κ3) is 4.07. The first-order valence-corrected chi connectivity index (χ1v) is 8.57. The molecule has 0 aliphatic carbocycles. The summed E-state index contributed by atoms with van der Waals surface area (Å²) in [5.41, 5.74) is 0.383. The van der Waals surface area contributed by atoms with Crippen LogP contribution < -0.4 is 5.32 Å². The smallest absolute Gasteiger partial charge is 0.193 e. The minimum Gasteiger partial charge on any atom is -0.381 e. The van der Waals surface area contributed by atoms with Crippen LogP contribution in [0.5, 0.6) is 0 Å². The molecule has 2 aliphatic rings. The molecule has 1 unspecified atom stereocenters. The maximum atomic E-state index is 5.59. The van der Waals surface area contributed by atoms with Crippen LogP contribution in [0.3, 0.4) is 0 Å². The Labute approximate surface area is 126 Å². The van der Waals surface area contributed by atoms with Crippen LogP contribution in [0.2, 0.25) is 0 Å². The monoisotopic (exact) mass is 295 g/mol. The molecule has 0 radical (unpaired) electrons. The van der Waals surface area contributed by atoms with Crippen molar-refractivity contribution in [2.45, 2.75) is 19.8 Å². The van der Waals surface area contributed by atoms with Gasteiger partial charge in [-0.3, -0.25) is 4.99 Å². The van der Waals surface area contributed by atoms with Gasteiger partial charge in [0, 0.05) is 37.4 Å². The zero-order valence-corrected chi connectivity index (χ0v) is 13.2. The molecule has 112 valence electrons. The van der Waals surface area contributed by atoms with Gasteiger partial charge in [-0.1, -0.05) is 5.92 Å². The zero-order valence-electron chi connectivity index (χ0n) is 12.4. The van der Waals surface area contributed by atoms with E-state index >= 15 is 0 Å². The molecule has 1 N–H and O–H groups in total. The lowest BCUT2D eigenvalue weighted by atomic mass is 9.87. The molecule has 1 atom stereocenters. The van der Waals surface area contributed by atoms with E-state index in [1.807, 2.05) is 0 Å². The van der Waals surface area contributed by atoms with Gasteiger partial charge in [0.1, 0.15) is 0 Å². The summed E-state index contributed by atoms with van der Waals surface area (Å²) in [6, 6.07) is 0. The number of thioether (sulfide) groups is 1. The van der Waals surface area contributed by atoms with E-state index in [1.165, 1.54) is 12.8 Å². The summed E-state index contributed by atoms with van der Waals surface area (Å²) in [5.74, 6) is 5.46. The van der Waals surface area contributed by atoms with Crippen molar-refractivity contribution in [2.75, 3.05) is 50.9 Å². The summed E-state index contributed by atoms with van der Waals surface area (Å²) >= 11 is 1.77. The van der Waals surface area contributed by atoms with Crippen molar-refractivity contribution < 1.29 is 4.74 Å². The molecule has 0 amide bonds. The Bertz CT molecular complexity index is 372. The van der Waals surface area contributed by atoms with E-state index in [0.29, 0.717) is 5.41 Å². The van der Waals surface area contributed by atoms with Crippen molar-refractivity contribution in [1.82, 2.24) is 10.2 Å². The van der Waals surface area contributed by atoms with Crippen molar-refractivity contribution in [3.05, 3.63) is 0 Å². The minimum absolute atomic E-state index is 0.383. The van der Waals surface area contributed by atoms with Crippen LogP contribution in [-0.4, -0.2) is 61.8 Å². The van der Waals surface area contributed by atoms with Crippen LogP contribution in [0.15, 0.2) is 4.99 Å². The summed E-state index contributed by atoms with van der Waals surface area (Å²) in [4.78, 5) is 7.12. The van der Waals surface area contributed by atoms with Gasteiger partial charge in [0.2, 0.25) is 0 Å². The van der Waals surface area contributed by atoms with Gasteiger partial charge in [-0.15, -0.1) is 18.2 Å². The second kappa shape index (κ2) is 7.80. The van der Waals surface area contributed by atoms with Gasteiger partial charge in [-0.05, 0) is 19.8 Å². The Hall–Kier alpha value is -0.860. The lowest BCUT2D eigenvalue weighted by Crippen LogP contribution is -2.41. The van der Waals surface area contributed by atoms with Gasteiger partial charge in [-0.25, -0.2) is 0 Å². The number of hydrogen-bond acceptors (Lipinski definition) is 3. The first-order chi connectivity index (χ1) is 9.79. The molecule has 2 fully saturated rings. The number of ether oxygens (including phenoxy) is 1. The van der Waals surface area contributed by atoms with Crippen LogP contribution in [0.1, 0.15) is 19.8 Å². The quantitative estimate of drug-likeness (QED) is 0.360. The summed E-state index contributed by atoms with van der Waals surface area (Å²) in [6.07, 6.45) is 7.67. The summed E-state index contributed by atoms with van der Waals surface area (Å²) in [7, 11) is 0. The highest BCUT2D eigenvalue weighted by Gasteiger charge is 2.42. The number of terminal acetylenes is 1. The van der Waals surface area contributed by atoms with Gasteiger partial charge in [0.05, 0.1) is 18.9 Å². The first kappa shape index (κ1) is 15.5. The summed E-state index contributed by atoms with van der Waals surface area (Å²) in [5, 5.41) is 3.41. The average Bonchev–Trinajstić information content (AvgIpc) is 3.08. The normalized spacial score (nSPS) is 26.2. The molecule has 5 heteroatoms. The predicted molar refractivity (Wildman–Crippen MR) is 86.2 cm³/mol. The Balaban J connectivity index is 1.85. The Morgan fingerprint density at radius 1 is 1.55 bits per heavy atom. The van der Waals surface area contributed by atoms with Gasteiger partial charge in [-0.2, -0.15) is 0 Å². The fraction of sp³-hybridized carbons (Fsp3) is 0.800. The number of nitrogens with one attached hydrogen (secondary N) is 1. The number of rotatable bonds is 5. The number of hydrogen-bond donors (Lipinski definition) is 1. The van der Waals surface area contributed by atoms with Gasteiger partial charge >= 0.3 is 0 Å². The van der Waals surface area contributed by atoms with Gasteiger partial charge < -0.3 is 15.0 Å². The SMILES string of the molecule is C#CCSCCN=C(NCC)N1CCC2(CCOC2)C1. The standard InChI is InChI=1S/C15H25N3OS/c1-3-10-20-11-7-17-14(16-4-2)18-8-5-15(12-18)6-9-19-13-15/h1H,4-13H2,2H3,(H,16,17). The highest BCUT2D eigenvalue weighted by Crippen LogP contribution is 2.38. The van der Waals surface area contributed by atoms with E-state index in [9.17, 15) is 0 Å². The van der Waals surface area contributed by atoms with E-state index in [1.54, 1.807) is 11.8 Å². The Kier molecular flexibility index (Phi) is 6.06. The van der Waals surface area contributed by atoms with Gasteiger partial charge in [0.15, 0.2) is 5.96 Å². The maximum absolute atomic E-state index is 5.59. The van der Waals surface area contributed by atoms with Crippen LogP contribution in [-0.2, 0) is 4.74 Å². The highest BCUT2D eigenvalue weighted by molar-refractivity contribution is 7.99. The molecule has 0 bridgehead atoms. The third-order valence-electron chi connectivity index (χ3n) is 3.94. The maximum Gasteiger partial charge on any atom is 0.193 e. The second-order valence-electron chi connectivity index (χ2n) is 5.47. The van der Waals surface area contributed by atoms with Crippen LogP contribution in [0.25, 0.3) is 0 Å². The second-order valence-corrected chi connectivity index (χ2v) is 6.57. The molecule has 0 saturated carbocycles. The average molecular weight is 295 g/mol. The third-order valence-corrected chi connectivity index (χ3v) is 4.78. The van der Waals surface area contributed by atoms with Crippen molar-refractivity contribution >= 4 is 17.7 Å². The molecule has 2 aliphatic heterocycles. The minimum atomic E-state index is 0.383. The number of guanidine groups is 1. The van der Waals surface area contributed by atoms with Crippen molar-refractivity contribution in [2.24, 2.45) is 10.4 Å². The number of aliphatic imine (C=N–C) groups is 1. The highest BCUT2D eigenvalue weighted by atomic mass is 32.2. The summed E-state index contributed by atoms with van der Waals surface area (Å²) < 4.78 is 5.59. The fourth-order valence-corrected chi connectivity index (χ4v) is 3.34. The van der Waals surface area contributed by atoms with E-state index in [4.69, 9.17) is 16.2 Å². The van der Waals surface area contributed by atoms with Crippen molar-refractivity contribution in [1.29, 1.82) is 0 Å². The molecule has 20 heavy (non-hydrogen) atoms. The van der Waals surface area contributed by atoms with E-state index < -0.39 is 0 Å². The molecular formula is C15H25N3OS. The number of likely N-dealkylation sites (tertiary alicyclic amines) is 1. The van der Waals surface area contributed by atoms with Crippen LogP contribution >= 0.6 is 11.8 Å².